The number of carbonyl (C=O) groups excluding carboxylic acids is 1. The monoisotopic (exact) mass is 394 g/mol. The van der Waals surface area contributed by atoms with E-state index in [1.807, 2.05) is 20.8 Å². The number of hydrogen-bond donors (Lipinski definition) is 1. The van der Waals surface area contributed by atoms with Gasteiger partial charge in [0.15, 0.2) is 0 Å². The second kappa shape index (κ2) is 8.41. The molecule has 5 nitrogen and oxygen atoms in total. The molecule has 0 radical (unpaired) electrons. The van der Waals surface area contributed by atoms with E-state index < -0.39 is 16.1 Å². The molecule has 0 bridgehead atoms. The molecule has 0 fully saturated rings. The lowest BCUT2D eigenvalue weighted by molar-refractivity contribution is -0.123. The molecule has 1 aromatic carbocycles. The van der Waals surface area contributed by atoms with Crippen LogP contribution in [0.4, 0.5) is 5.69 Å². The van der Waals surface area contributed by atoms with Crippen molar-refractivity contribution in [2.75, 3.05) is 10.6 Å². The van der Waals surface area contributed by atoms with Gasteiger partial charge < -0.3 is 5.32 Å². The largest absolute Gasteiger partial charge is 0.352 e. The average molecular weight is 395 g/mol. The highest BCUT2D eigenvalue weighted by Crippen LogP contribution is 2.30. The van der Waals surface area contributed by atoms with Gasteiger partial charge in [0.05, 0.1) is 22.0 Å². The van der Waals surface area contributed by atoms with Crippen LogP contribution in [-0.4, -0.2) is 32.7 Å². The van der Waals surface area contributed by atoms with Crippen LogP contribution in [0.3, 0.4) is 0 Å². The molecular formula is C16H24Cl2N2O3S. The Labute approximate surface area is 154 Å². The number of hydrogen-bond acceptors (Lipinski definition) is 3. The summed E-state index contributed by atoms with van der Waals surface area (Å²) in [4.78, 5) is 12.6. The van der Waals surface area contributed by atoms with Crippen molar-refractivity contribution in [2.24, 2.45) is 5.92 Å². The van der Waals surface area contributed by atoms with Crippen molar-refractivity contribution in [1.29, 1.82) is 0 Å². The minimum absolute atomic E-state index is 0.0678. The number of nitrogens with zero attached hydrogens (tertiary/aromatic N) is 1. The highest BCUT2D eigenvalue weighted by molar-refractivity contribution is 7.92. The Bertz CT molecular complexity index is 693. The summed E-state index contributed by atoms with van der Waals surface area (Å²) in [5.74, 6) is -0.0988. The molecule has 2 unspecified atom stereocenters. The summed E-state index contributed by atoms with van der Waals surface area (Å²) >= 11 is 11.9. The van der Waals surface area contributed by atoms with Gasteiger partial charge in [-0.25, -0.2) is 8.42 Å². The molecule has 0 saturated carbocycles. The molecule has 1 N–H and O–H groups in total. The summed E-state index contributed by atoms with van der Waals surface area (Å²) in [6.45, 7) is 7.62. The lowest BCUT2D eigenvalue weighted by Crippen LogP contribution is -2.52. The van der Waals surface area contributed by atoms with Crippen LogP contribution in [0.5, 0.6) is 0 Å². The molecule has 1 aromatic rings. The van der Waals surface area contributed by atoms with Gasteiger partial charge in [-0.3, -0.25) is 9.10 Å². The summed E-state index contributed by atoms with van der Waals surface area (Å²) in [6.07, 6.45) is 1.39. The Morgan fingerprint density at radius 2 is 1.79 bits per heavy atom. The van der Waals surface area contributed by atoms with Crippen molar-refractivity contribution < 1.29 is 13.2 Å². The van der Waals surface area contributed by atoms with Gasteiger partial charge in [0.1, 0.15) is 6.04 Å². The minimum Gasteiger partial charge on any atom is -0.352 e. The lowest BCUT2D eigenvalue weighted by Gasteiger charge is -2.31. The molecule has 1 rings (SSSR count). The first-order chi connectivity index (χ1) is 11.0. The number of amides is 1. The highest BCUT2D eigenvalue weighted by Gasteiger charge is 2.32. The van der Waals surface area contributed by atoms with Crippen LogP contribution in [0.25, 0.3) is 0 Å². The van der Waals surface area contributed by atoms with E-state index in [-0.39, 0.29) is 22.9 Å². The maximum Gasteiger partial charge on any atom is 0.244 e. The molecular weight excluding hydrogens is 371 g/mol. The van der Waals surface area contributed by atoms with E-state index in [9.17, 15) is 13.2 Å². The molecule has 0 heterocycles. The van der Waals surface area contributed by atoms with E-state index in [0.717, 1.165) is 10.6 Å². The summed E-state index contributed by atoms with van der Waals surface area (Å²) in [5.41, 5.74) is 0.311. The highest BCUT2D eigenvalue weighted by atomic mass is 35.5. The van der Waals surface area contributed by atoms with E-state index in [4.69, 9.17) is 23.2 Å². The zero-order chi connectivity index (χ0) is 18.7. The number of anilines is 1. The molecule has 0 saturated heterocycles. The smallest absolute Gasteiger partial charge is 0.244 e. The predicted octanol–water partition coefficient (Wildman–Crippen LogP) is 3.70. The molecule has 2 atom stereocenters. The van der Waals surface area contributed by atoms with E-state index in [0.29, 0.717) is 17.1 Å². The standard InChI is InChI=1S/C16H24Cl2N2O3S/c1-6-15(16(21)19-11(4)10(2)3)20(24(5,22)23)12-7-8-13(17)14(18)9-12/h7-11,15H,6H2,1-5H3,(H,19,21). The third-order valence-electron chi connectivity index (χ3n) is 3.86. The minimum atomic E-state index is -3.69. The average Bonchev–Trinajstić information content (AvgIpc) is 2.46. The molecule has 0 aliphatic heterocycles. The summed E-state index contributed by atoms with van der Waals surface area (Å²) < 4.78 is 25.7. The Kier molecular flexibility index (Phi) is 7.38. The van der Waals surface area contributed by atoms with Gasteiger partial charge in [-0.2, -0.15) is 0 Å². The zero-order valence-electron chi connectivity index (χ0n) is 14.5. The van der Waals surface area contributed by atoms with Crippen LogP contribution in [-0.2, 0) is 14.8 Å². The van der Waals surface area contributed by atoms with Gasteiger partial charge >= 0.3 is 0 Å². The van der Waals surface area contributed by atoms with E-state index in [1.165, 1.54) is 18.2 Å². The van der Waals surface area contributed by atoms with Gasteiger partial charge in [0, 0.05) is 6.04 Å². The Morgan fingerprint density at radius 3 is 2.21 bits per heavy atom. The lowest BCUT2D eigenvalue weighted by atomic mass is 10.1. The van der Waals surface area contributed by atoms with Crippen LogP contribution in [0, 0.1) is 5.92 Å². The van der Waals surface area contributed by atoms with E-state index >= 15 is 0 Å². The molecule has 136 valence electrons. The number of carbonyl (C=O) groups is 1. The predicted molar refractivity (Wildman–Crippen MR) is 100 cm³/mol. The van der Waals surface area contributed by atoms with Gasteiger partial charge in [-0.1, -0.05) is 44.0 Å². The van der Waals surface area contributed by atoms with Crippen LogP contribution in [0.1, 0.15) is 34.1 Å². The number of halogens is 2. The number of sulfonamides is 1. The van der Waals surface area contributed by atoms with Crippen LogP contribution >= 0.6 is 23.2 Å². The van der Waals surface area contributed by atoms with Gasteiger partial charge in [0.2, 0.25) is 15.9 Å². The fourth-order valence-corrected chi connectivity index (χ4v) is 3.67. The molecule has 0 aliphatic rings. The van der Waals surface area contributed by atoms with Crippen molar-refractivity contribution >= 4 is 44.8 Å². The first kappa shape index (κ1) is 21.1. The van der Waals surface area contributed by atoms with Crippen molar-refractivity contribution in [2.45, 2.75) is 46.2 Å². The maximum absolute atomic E-state index is 12.6. The Hall–Kier alpha value is -0.980. The van der Waals surface area contributed by atoms with Crippen molar-refractivity contribution in [3.05, 3.63) is 28.2 Å². The van der Waals surface area contributed by atoms with Gasteiger partial charge in [-0.15, -0.1) is 0 Å². The second-order valence-corrected chi connectivity index (χ2v) is 8.80. The van der Waals surface area contributed by atoms with Gasteiger partial charge in [-0.05, 0) is 37.5 Å². The molecule has 0 spiro atoms. The van der Waals surface area contributed by atoms with Crippen molar-refractivity contribution in [1.82, 2.24) is 5.32 Å². The fourth-order valence-electron chi connectivity index (χ4n) is 2.17. The topological polar surface area (TPSA) is 66.5 Å². The number of benzene rings is 1. The maximum atomic E-state index is 12.6. The van der Waals surface area contributed by atoms with Crippen LogP contribution in [0.15, 0.2) is 18.2 Å². The van der Waals surface area contributed by atoms with E-state index in [2.05, 4.69) is 5.32 Å². The normalized spacial score (nSPS) is 14.3. The molecule has 8 heteroatoms. The number of nitrogens with one attached hydrogen (secondary N) is 1. The summed E-state index contributed by atoms with van der Waals surface area (Å²) in [6, 6.07) is 3.57. The van der Waals surface area contributed by atoms with E-state index in [1.54, 1.807) is 6.92 Å². The molecule has 24 heavy (non-hydrogen) atoms. The van der Waals surface area contributed by atoms with Crippen LogP contribution < -0.4 is 9.62 Å². The Morgan fingerprint density at radius 1 is 1.21 bits per heavy atom. The second-order valence-electron chi connectivity index (χ2n) is 6.12. The first-order valence-corrected chi connectivity index (χ1v) is 10.3. The van der Waals surface area contributed by atoms with Gasteiger partial charge in [0.25, 0.3) is 0 Å². The zero-order valence-corrected chi connectivity index (χ0v) is 16.8. The first-order valence-electron chi connectivity index (χ1n) is 7.73. The fraction of sp³-hybridized carbons (Fsp3) is 0.562. The Balaban J connectivity index is 3.27. The third-order valence-corrected chi connectivity index (χ3v) is 5.78. The van der Waals surface area contributed by atoms with Crippen molar-refractivity contribution in [3.63, 3.8) is 0 Å². The molecule has 0 aliphatic carbocycles. The quantitative estimate of drug-likeness (QED) is 0.766. The molecule has 0 aromatic heterocycles. The summed E-state index contributed by atoms with van der Waals surface area (Å²) in [5, 5.41) is 3.42. The van der Waals surface area contributed by atoms with Crippen molar-refractivity contribution in [3.8, 4) is 0 Å². The number of rotatable bonds is 7. The SMILES string of the molecule is CCC(C(=O)NC(C)C(C)C)N(c1ccc(Cl)c(Cl)c1)S(C)(=O)=O. The third kappa shape index (κ3) is 5.26. The summed E-state index contributed by atoms with van der Waals surface area (Å²) in [7, 11) is -3.69. The van der Waals surface area contributed by atoms with Crippen LogP contribution in [0.2, 0.25) is 10.0 Å². The molecule has 1 amide bonds.